The van der Waals surface area contributed by atoms with Gasteiger partial charge in [-0.15, -0.1) is 0 Å². The summed E-state index contributed by atoms with van der Waals surface area (Å²) in [7, 11) is 0. The Bertz CT molecular complexity index is 623. The largest absolute Gasteiger partial charge is 0.357 e. The molecular formula is C22H37N5O. The molecule has 1 amide bonds. The topological polar surface area (TPSA) is 68.8 Å². The van der Waals surface area contributed by atoms with E-state index in [-0.39, 0.29) is 5.91 Å². The molecule has 3 N–H and O–H groups in total. The van der Waals surface area contributed by atoms with Gasteiger partial charge in [-0.25, -0.2) is 4.99 Å². The van der Waals surface area contributed by atoms with E-state index < -0.39 is 0 Å². The van der Waals surface area contributed by atoms with E-state index in [1.807, 2.05) is 31.2 Å². The Morgan fingerprint density at radius 3 is 2.61 bits per heavy atom. The molecule has 2 rings (SSSR count). The lowest BCUT2D eigenvalue weighted by Gasteiger charge is -2.30. The van der Waals surface area contributed by atoms with Crippen molar-refractivity contribution in [2.24, 2.45) is 10.9 Å². The molecule has 1 saturated heterocycles. The third kappa shape index (κ3) is 7.89. The maximum atomic E-state index is 12.0. The number of rotatable bonds is 9. The van der Waals surface area contributed by atoms with Gasteiger partial charge in [-0.2, -0.15) is 0 Å². The number of hydrogen-bond donors (Lipinski definition) is 3. The number of likely N-dealkylation sites (tertiary alicyclic amines) is 1. The van der Waals surface area contributed by atoms with Crippen LogP contribution in [0.1, 0.15) is 56.0 Å². The first-order valence-corrected chi connectivity index (χ1v) is 10.7. The Balaban J connectivity index is 1.79. The van der Waals surface area contributed by atoms with Gasteiger partial charge in [0.25, 0.3) is 5.91 Å². The molecule has 0 spiro atoms. The van der Waals surface area contributed by atoms with E-state index in [1.54, 1.807) is 0 Å². The fourth-order valence-electron chi connectivity index (χ4n) is 3.38. The highest BCUT2D eigenvalue weighted by Gasteiger charge is 2.14. The van der Waals surface area contributed by atoms with Crippen LogP contribution in [0.5, 0.6) is 0 Å². The van der Waals surface area contributed by atoms with Gasteiger partial charge in [0, 0.05) is 25.2 Å². The van der Waals surface area contributed by atoms with Crippen LogP contribution in [-0.4, -0.2) is 56.0 Å². The SMILES string of the molecule is CCNC(=O)c1cccc(CN=C(NCC)NCCCN2CCC(C)CC2)c1. The molecule has 0 atom stereocenters. The highest BCUT2D eigenvalue weighted by atomic mass is 16.1. The number of nitrogens with one attached hydrogen (secondary N) is 3. The summed E-state index contributed by atoms with van der Waals surface area (Å²) in [4.78, 5) is 19.2. The van der Waals surface area contributed by atoms with Crippen LogP contribution in [0.3, 0.4) is 0 Å². The van der Waals surface area contributed by atoms with Crippen LogP contribution < -0.4 is 16.0 Å². The van der Waals surface area contributed by atoms with Gasteiger partial charge in [0.2, 0.25) is 0 Å². The summed E-state index contributed by atoms with van der Waals surface area (Å²) in [6.45, 7) is 12.9. The molecule has 0 saturated carbocycles. The van der Waals surface area contributed by atoms with Crippen LogP contribution in [0, 0.1) is 5.92 Å². The monoisotopic (exact) mass is 387 g/mol. The first-order valence-electron chi connectivity index (χ1n) is 10.7. The minimum absolute atomic E-state index is 0.0366. The Morgan fingerprint density at radius 2 is 1.89 bits per heavy atom. The van der Waals surface area contributed by atoms with Gasteiger partial charge in [0.15, 0.2) is 5.96 Å². The zero-order chi connectivity index (χ0) is 20.2. The minimum Gasteiger partial charge on any atom is -0.357 e. The molecule has 1 aromatic carbocycles. The average Bonchev–Trinajstić information content (AvgIpc) is 2.71. The van der Waals surface area contributed by atoms with E-state index in [1.165, 1.54) is 25.9 Å². The summed E-state index contributed by atoms with van der Waals surface area (Å²) >= 11 is 0. The molecule has 156 valence electrons. The number of nitrogens with zero attached hydrogens (tertiary/aromatic N) is 2. The van der Waals surface area contributed by atoms with E-state index in [4.69, 9.17) is 0 Å². The van der Waals surface area contributed by atoms with Gasteiger partial charge in [-0.05, 0) is 76.4 Å². The lowest BCUT2D eigenvalue weighted by Crippen LogP contribution is -2.39. The van der Waals surface area contributed by atoms with Gasteiger partial charge in [0.05, 0.1) is 6.54 Å². The van der Waals surface area contributed by atoms with Crippen molar-refractivity contribution in [3.05, 3.63) is 35.4 Å². The normalized spacial score (nSPS) is 16.0. The predicted octanol–water partition coefficient (Wildman–Crippen LogP) is 2.61. The number of benzene rings is 1. The van der Waals surface area contributed by atoms with Crippen LogP contribution in [0.15, 0.2) is 29.3 Å². The maximum absolute atomic E-state index is 12.0. The van der Waals surface area contributed by atoms with Crippen LogP contribution in [0.2, 0.25) is 0 Å². The highest BCUT2D eigenvalue weighted by Crippen LogP contribution is 2.15. The molecule has 0 aliphatic carbocycles. The second-order valence-corrected chi connectivity index (χ2v) is 7.56. The van der Waals surface area contributed by atoms with Crippen LogP contribution in [-0.2, 0) is 6.54 Å². The second-order valence-electron chi connectivity index (χ2n) is 7.56. The molecule has 6 nitrogen and oxygen atoms in total. The lowest BCUT2D eigenvalue weighted by molar-refractivity contribution is 0.0955. The molecule has 1 fully saturated rings. The minimum atomic E-state index is -0.0366. The number of piperidine rings is 1. The van der Waals surface area contributed by atoms with Gasteiger partial charge in [0.1, 0.15) is 0 Å². The molecule has 6 heteroatoms. The zero-order valence-corrected chi connectivity index (χ0v) is 17.8. The van der Waals surface area contributed by atoms with Crippen molar-refractivity contribution < 1.29 is 4.79 Å². The van der Waals surface area contributed by atoms with E-state index >= 15 is 0 Å². The molecule has 0 unspecified atom stereocenters. The van der Waals surface area contributed by atoms with Crippen molar-refractivity contribution >= 4 is 11.9 Å². The van der Waals surface area contributed by atoms with Crippen molar-refractivity contribution in [3.8, 4) is 0 Å². The Morgan fingerprint density at radius 1 is 1.14 bits per heavy atom. The van der Waals surface area contributed by atoms with Crippen molar-refractivity contribution in [2.75, 3.05) is 39.3 Å². The van der Waals surface area contributed by atoms with Gasteiger partial charge >= 0.3 is 0 Å². The molecule has 1 aliphatic rings. The number of carbonyl (C=O) groups is 1. The van der Waals surface area contributed by atoms with Crippen molar-refractivity contribution in [2.45, 2.75) is 46.6 Å². The Hall–Kier alpha value is -2.08. The summed E-state index contributed by atoms with van der Waals surface area (Å²) in [5, 5.41) is 9.57. The smallest absolute Gasteiger partial charge is 0.251 e. The first-order chi connectivity index (χ1) is 13.6. The number of guanidine groups is 1. The molecular weight excluding hydrogens is 350 g/mol. The quantitative estimate of drug-likeness (QED) is 0.346. The second kappa shape index (κ2) is 12.4. The van der Waals surface area contributed by atoms with Gasteiger partial charge in [-0.3, -0.25) is 4.79 Å². The maximum Gasteiger partial charge on any atom is 0.251 e. The zero-order valence-electron chi connectivity index (χ0n) is 17.8. The molecule has 0 radical (unpaired) electrons. The summed E-state index contributed by atoms with van der Waals surface area (Å²) in [6, 6.07) is 7.67. The van der Waals surface area contributed by atoms with Crippen LogP contribution in [0.25, 0.3) is 0 Å². The number of aliphatic imine (C=N–C) groups is 1. The summed E-state index contributed by atoms with van der Waals surface area (Å²) in [5.41, 5.74) is 1.71. The Kier molecular flexibility index (Phi) is 9.83. The molecule has 1 aliphatic heterocycles. The van der Waals surface area contributed by atoms with Crippen LogP contribution in [0.4, 0.5) is 0 Å². The number of amides is 1. The molecule has 1 aromatic rings. The number of carbonyl (C=O) groups excluding carboxylic acids is 1. The van der Waals surface area contributed by atoms with Crippen molar-refractivity contribution in [1.29, 1.82) is 0 Å². The summed E-state index contributed by atoms with van der Waals surface area (Å²) in [6.07, 6.45) is 3.77. The van der Waals surface area contributed by atoms with Gasteiger partial charge < -0.3 is 20.9 Å². The fraction of sp³-hybridized carbons (Fsp3) is 0.636. The van der Waals surface area contributed by atoms with Gasteiger partial charge in [-0.1, -0.05) is 19.1 Å². The third-order valence-corrected chi connectivity index (χ3v) is 5.11. The first kappa shape index (κ1) is 22.2. The van der Waals surface area contributed by atoms with E-state index in [0.29, 0.717) is 18.7 Å². The third-order valence-electron chi connectivity index (χ3n) is 5.11. The molecule has 28 heavy (non-hydrogen) atoms. The van der Waals surface area contributed by atoms with Crippen molar-refractivity contribution in [1.82, 2.24) is 20.9 Å². The molecule has 0 aromatic heterocycles. The highest BCUT2D eigenvalue weighted by molar-refractivity contribution is 5.94. The average molecular weight is 388 g/mol. The van der Waals surface area contributed by atoms with E-state index in [2.05, 4.69) is 39.7 Å². The van der Waals surface area contributed by atoms with Crippen molar-refractivity contribution in [3.63, 3.8) is 0 Å². The van der Waals surface area contributed by atoms with E-state index in [0.717, 1.165) is 43.5 Å². The lowest BCUT2D eigenvalue weighted by atomic mass is 9.99. The summed E-state index contributed by atoms with van der Waals surface area (Å²) < 4.78 is 0. The molecule has 0 bridgehead atoms. The summed E-state index contributed by atoms with van der Waals surface area (Å²) in [5.74, 6) is 1.68. The van der Waals surface area contributed by atoms with E-state index in [9.17, 15) is 4.79 Å². The Labute approximate surface area is 170 Å². The fourth-order valence-corrected chi connectivity index (χ4v) is 3.38. The standard InChI is InChI=1S/C22H37N5O/c1-4-23-21(28)20-9-6-8-19(16-20)17-26-22(24-5-2)25-12-7-13-27-14-10-18(3)11-15-27/h6,8-9,16,18H,4-5,7,10-15,17H2,1-3H3,(H,23,28)(H2,24,25,26). The predicted molar refractivity (Wildman–Crippen MR) is 117 cm³/mol. The number of hydrogen-bond acceptors (Lipinski definition) is 3. The van der Waals surface area contributed by atoms with Crippen LogP contribution >= 0.6 is 0 Å². The molecule has 1 heterocycles.